The Balaban J connectivity index is 0.950. The molecular weight excluding hydrogens is 745 g/mol. The highest BCUT2D eigenvalue weighted by atomic mass is 14.1. The van der Waals surface area contributed by atoms with Crippen LogP contribution in [-0.4, -0.2) is 0 Å². The molecule has 0 fully saturated rings. The molecule has 9 aromatic rings. The first-order valence-electron chi connectivity index (χ1n) is 21.2. The van der Waals surface area contributed by atoms with Crippen LogP contribution >= 0.6 is 0 Å². The van der Waals surface area contributed by atoms with E-state index in [1.54, 1.807) is 0 Å². The first-order valence-corrected chi connectivity index (χ1v) is 21.2. The van der Waals surface area contributed by atoms with Gasteiger partial charge in [0.2, 0.25) is 0 Å². The highest BCUT2D eigenvalue weighted by Gasteiger charge is 2.10. The van der Waals surface area contributed by atoms with E-state index in [0.717, 1.165) is 22.3 Å². The fourth-order valence-corrected chi connectivity index (χ4v) is 7.84. The second-order valence-corrected chi connectivity index (χ2v) is 15.3. The third-order valence-electron chi connectivity index (χ3n) is 11.2. The highest BCUT2D eigenvalue weighted by Crippen LogP contribution is 2.32. The van der Waals surface area contributed by atoms with Gasteiger partial charge in [0.05, 0.1) is 0 Å². The lowest BCUT2D eigenvalue weighted by molar-refractivity contribution is 1.53. The number of benzene rings is 9. The van der Waals surface area contributed by atoms with Crippen LogP contribution in [0.15, 0.2) is 243 Å². The van der Waals surface area contributed by atoms with E-state index in [2.05, 4.69) is 279 Å². The smallest absolute Gasteiger partial charge is 0.0105 e. The molecule has 0 heteroatoms. The number of rotatable bonds is 12. The van der Waals surface area contributed by atoms with E-state index in [-0.39, 0.29) is 0 Å². The molecule has 0 saturated heterocycles. The minimum atomic E-state index is 1.15. The highest BCUT2D eigenvalue weighted by molar-refractivity contribution is 5.95. The second kappa shape index (κ2) is 19.3. The number of hydrogen-bond acceptors (Lipinski definition) is 0. The van der Waals surface area contributed by atoms with Gasteiger partial charge >= 0.3 is 0 Å². The summed E-state index contributed by atoms with van der Waals surface area (Å²) in [6.45, 7) is 0. The van der Waals surface area contributed by atoms with Crippen molar-refractivity contribution < 1.29 is 0 Å². The van der Waals surface area contributed by atoms with Gasteiger partial charge in [0.15, 0.2) is 0 Å². The molecule has 0 atom stereocenters. The van der Waals surface area contributed by atoms with Gasteiger partial charge in [-0.2, -0.15) is 0 Å². The third-order valence-corrected chi connectivity index (χ3v) is 11.2. The molecule has 0 bridgehead atoms. The first-order chi connectivity index (χ1) is 30.7. The third kappa shape index (κ3) is 9.69. The van der Waals surface area contributed by atoms with Crippen molar-refractivity contribution in [1.29, 1.82) is 0 Å². The van der Waals surface area contributed by atoms with E-state index < -0.39 is 0 Å². The SMILES string of the molecule is C(=Cc1ccccc1C=C(c1ccccc1)c1ccc(-c2ccccc2)cc1)c1ccc(C=Cc2ccccc2C=C(c2ccccc2)c2ccc(-c3ccccc3)cc2)cc1. The Morgan fingerprint density at radius 2 is 0.484 bits per heavy atom. The zero-order valence-electron chi connectivity index (χ0n) is 34.6. The van der Waals surface area contributed by atoms with Crippen molar-refractivity contribution in [3.8, 4) is 22.3 Å². The predicted molar refractivity (Wildman–Crippen MR) is 268 cm³/mol. The second-order valence-electron chi connectivity index (χ2n) is 15.3. The zero-order chi connectivity index (χ0) is 41.8. The maximum absolute atomic E-state index is 2.32. The van der Waals surface area contributed by atoms with Crippen LogP contribution in [0.3, 0.4) is 0 Å². The monoisotopic (exact) mass is 790 g/mol. The normalized spacial score (nSPS) is 11.9. The van der Waals surface area contributed by atoms with Gasteiger partial charge in [-0.3, -0.25) is 0 Å². The molecule has 0 N–H and O–H groups in total. The lowest BCUT2D eigenvalue weighted by atomic mass is 9.92. The topological polar surface area (TPSA) is 0 Å². The molecule has 294 valence electrons. The number of hydrogen-bond donors (Lipinski definition) is 0. The van der Waals surface area contributed by atoms with Crippen LogP contribution in [0.5, 0.6) is 0 Å². The Hall–Kier alpha value is -8.06. The van der Waals surface area contributed by atoms with Gasteiger partial charge < -0.3 is 0 Å². The van der Waals surface area contributed by atoms with Gasteiger partial charge in [0.1, 0.15) is 0 Å². The summed E-state index contributed by atoms with van der Waals surface area (Å²) in [6, 6.07) is 86.2. The predicted octanol–water partition coefficient (Wildman–Crippen LogP) is 16.5. The molecule has 0 radical (unpaired) electrons. The zero-order valence-corrected chi connectivity index (χ0v) is 34.6. The van der Waals surface area contributed by atoms with E-state index in [1.807, 2.05) is 0 Å². The van der Waals surface area contributed by atoms with Crippen LogP contribution < -0.4 is 0 Å². The van der Waals surface area contributed by atoms with E-state index in [1.165, 1.54) is 66.8 Å². The molecule has 0 spiro atoms. The van der Waals surface area contributed by atoms with Crippen molar-refractivity contribution in [3.63, 3.8) is 0 Å². The molecule has 0 aliphatic rings. The van der Waals surface area contributed by atoms with Crippen molar-refractivity contribution in [2.45, 2.75) is 0 Å². The lowest BCUT2D eigenvalue weighted by Gasteiger charge is -2.12. The maximum atomic E-state index is 2.32. The summed E-state index contributed by atoms with van der Waals surface area (Å²) in [4.78, 5) is 0. The molecule has 0 amide bonds. The van der Waals surface area contributed by atoms with E-state index in [0.29, 0.717) is 0 Å². The van der Waals surface area contributed by atoms with Crippen LogP contribution in [0.25, 0.3) is 69.9 Å². The van der Waals surface area contributed by atoms with E-state index in [9.17, 15) is 0 Å². The average Bonchev–Trinajstić information content (AvgIpc) is 3.36. The Bertz CT molecular complexity index is 2760. The summed E-state index contributed by atoms with van der Waals surface area (Å²) >= 11 is 0. The van der Waals surface area contributed by atoms with Crippen LogP contribution in [0.2, 0.25) is 0 Å². The van der Waals surface area contributed by atoms with Crippen molar-refractivity contribution in [1.82, 2.24) is 0 Å². The summed E-state index contributed by atoms with van der Waals surface area (Å²) in [5, 5.41) is 0. The molecule has 0 aliphatic carbocycles. The summed E-state index contributed by atoms with van der Waals surface area (Å²) in [6.07, 6.45) is 13.5. The van der Waals surface area contributed by atoms with Gasteiger partial charge in [-0.25, -0.2) is 0 Å². The molecule has 0 unspecified atom stereocenters. The quantitative estimate of drug-likeness (QED) is 0.108. The lowest BCUT2D eigenvalue weighted by Crippen LogP contribution is -1.90. The van der Waals surface area contributed by atoms with Crippen molar-refractivity contribution >= 4 is 47.6 Å². The van der Waals surface area contributed by atoms with Gasteiger partial charge in [0, 0.05) is 0 Å². The Kier molecular flexibility index (Phi) is 12.3. The molecule has 9 rings (SSSR count). The van der Waals surface area contributed by atoms with Crippen molar-refractivity contribution in [3.05, 3.63) is 298 Å². The minimum Gasteiger partial charge on any atom is -0.0622 e. The average molecular weight is 791 g/mol. The Labute approximate surface area is 366 Å². The molecule has 9 aromatic carbocycles. The van der Waals surface area contributed by atoms with Crippen molar-refractivity contribution in [2.24, 2.45) is 0 Å². The minimum absolute atomic E-state index is 1.15. The van der Waals surface area contributed by atoms with Gasteiger partial charge in [-0.15, -0.1) is 0 Å². The van der Waals surface area contributed by atoms with Crippen molar-refractivity contribution in [2.75, 3.05) is 0 Å². The summed E-state index contributed by atoms with van der Waals surface area (Å²) in [5.74, 6) is 0. The molecule has 62 heavy (non-hydrogen) atoms. The molecule has 0 saturated carbocycles. The van der Waals surface area contributed by atoms with Gasteiger partial charge in [0.25, 0.3) is 0 Å². The summed E-state index contributed by atoms with van der Waals surface area (Å²) < 4.78 is 0. The Morgan fingerprint density at radius 3 is 0.839 bits per heavy atom. The Morgan fingerprint density at radius 1 is 0.210 bits per heavy atom. The summed E-state index contributed by atoms with van der Waals surface area (Å²) in [7, 11) is 0. The van der Waals surface area contributed by atoms with E-state index in [4.69, 9.17) is 0 Å². The van der Waals surface area contributed by atoms with Gasteiger partial charge in [-0.1, -0.05) is 267 Å². The van der Waals surface area contributed by atoms with Crippen LogP contribution in [0.1, 0.15) is 55.6 Å². The van der Waals surface area contributed by atoms with Crippen LogP contribution in [0.4, 0.5) is 0 Å². The molecular formula is C62H46. The molecule has 0 aliphatic heterocycles. The standard InChI is InChI=1S/C62H46/c1-5-17-49(18-6-1)53-37-41-57(42-38-53)61(55-23-9-3-10-24-55)45-59-27-15-13-21-51(59)35-33-47-29-31-48(32-30-47)34-36-52-22-14-16-28-60(52)46-62(56-25-11-4-12-26-56)58-43-39-54(40-44-58)50-19-7-2-8-20-50/h1-46H. The maximum Gasteiger partial charge on any atom is -0.0105 e. The van der Waals surface area contributed by atoms with E-state index >= 15 is 0 Å². The summed E-state index contributed by atoms with van der Waals surface area (Å²) in [5.41, 5.74) is 18.9. The van der Waals surface area contributed by atoms with Gasteiger partial charge in [-0.05, 0) is 101 Å². The fourth-order valence-electron chi connectivity index (χ4n) is 7.84. The van der Waals surface area contributed by atoms with Crippen LogP contribution in [-0.2, 0) is 0 Å². The fraction of sp³-hybridized carbons (Fsp3) is 0. The van der Waals surface area contributed by atoms with Crippen LogP contribution in [0, 0.1) is 0 Å². The first kappa shape index (κ1) is 39.4. The molecule has 0 heterocycles. The molecule has 0 aromatic heterocycles. The largest absolute Gasteiger partial charge is 0.0622 e. The molecule has 0 nitrogen and oxygen atoms in total.